The highest BCUT2D eigenvalue weighted by Crippen LogP contribution is 2.24. The molecule has 2 aromatic heterocycles. The molecule has 0 fully saturated rings. The third-order valence-electron chi connectivity index (χ3n) is 5.16. The first kappa shape index (κ1) is 23.1. The fraction of sp³-hybridized carbons (Fsp3) is 0.167. The molecular formula is C24H23N5O4S. The van der Waals surface area contributed by atoms with Crippen LogP contribution in [0.4, 0.5) is 11.6 Å². The van der Waals surface area contributed by atoms with Crippen molar-refractivity contribution in [2.75, 3.05) is 10.0 Å². The Morgan fingerprint density at radius 3 is 2.18 bits per heavy atom. The molecule has 0 spiro atoms. The van der Waals surface area contributed by atoms with Gasteiger partial charge in [-0.2, -0.15) is 0 Å². The van der Waals surface area contributed by atoms with E-state index in [0.29, 0.717) is 22.8 Å². The van der Waals surface area contributed by atoms with E-state index in [9.17, 15) is 13.2 Å². The Morgan fingerprint density at radius 1 is 0.853 bits per heavy atom. The van der Waals surface area contributed by atoms with Gasteiger partial charge in [0.05, 0.1) is 4.90 Å². The first-order chi connectivity index (χ1) is 16.1. The van der Waals surface area contributed by atoms with Gasteiger partial charge in [-0.3, -0.25) is 4.79 Å². The first-order valence-electron chi connectivity index (χ1n) is 10.4. The molecule has 174 valence electrons. The highest BCUT2D eigenvalue weighted by Gasteiger charge is 2.18. The predicted octanol–water partition coefficient (Wildman–Crippen LogP) is 4.42. The van der Waals surface area contributed by atoms with Crippen LogP contribution in [0.2, 0.25) is 0 Å². The number of amides is 1. The van der Waals surface area contributed by atoms with E-state index >= 15 is 0 Å². The number of nitrogens with zero attached hydrogens (tertiary/aromatic N) is 3. The van der Waals surface area contributed by atoms with Crippen molar-refractivity contribution in [3.8, 4) is 11.3 Å². The maximum Gasteiger partial charge on any atom is 0.277 e. The van der Waals surface area contributed by atoms with Crippen molar-refractivity contribution < 1.29 is 17.7 Å². The van der Waals surface area contributed by atoms with Crippen LogP contribution < -0.4 is 10.0 Å². The minimum Gasteiger partial charge on any atom is -0.355 e. The molecule has 0 aliphatic rings. The highest BCUT2D eigenvalue weighted by atomic mass is 32.2. The van der Waals surface area contributed by atoms with Crippen molar-refractivity contribution in [1.82, 2.24) is 15.1 Å². The standard InChI is InChI=1S/C24H23N5O4S/c1-14-5-6-18(11-15(14)2)22-13-21(28-33-22)23(30)27-19-7-9-20(10-8-19)34(31,32)29-24-25-16(3)12-17(4)26-24/h5-13H,1-4H3,(H,27,30)(H,25,26,29). The van der Waals surface area contributed by atoms with Crippen molar-refractivity contribution in [3.05, 3.63) is 82.8 Å². The number of hydrogen-bond acceptors (Lipinski definition) is 7. The number of hydrogen-bond donors (Lipinski definition) is 2. The lowest BCUT2D eigenvalue weighted by Gasteiger charge is -2.09. The Kier molecular flexibility index (Phi) is 6.16. The number of sulfonamides is 1. The van der Waals surface area contributed by atoms with E-state index in [1.54, 1.807) is 26.0 Å². The average molecular weight is 478 g/mol. The second-order valence-electron chi connectivity index (χ2n) is 7.93. The number of anilines is 2. The molecule has 0 unspecified atom stereocenters. The van der Waals surface area contributed by atoms with Crippen molar-refractivity contribution >= 4 is 27.6 Å². The zero-order valence-electron chi connectivity index (χ0n) is 19.1. The number of carbonyl (C=O) groups excluding carboxylic acids is 1. The van der Waals surface area contributed by atoms with Crippen LogP contribution in [0.3, 0.4) is 0 Å². The topological polar surface area (TPSA) is 127 Å². The molecular weight excluding hydrogens is 454 g/mol. The Hall–Kier alpha value is -4.05. The lowest BCUT2D eigenvalue weighted by atomic mass is 10.0. The van der Waals surface area contributed by atoms with E-state index in [1.807, 2.05) is 32.0 Å². The summed E-state index contributed by atoms with van der Waals surface area (Å²) in [7, 11) is -3.89. The fourth-order valence-electron chi connectivity index (χ4n) is 3.28. The molecule has 0 radical (unpaired) electrons. The Morgan fingerprint density at radius 2 is 1.53 bits per heavy atom. The monoisotopic (exact) mass is 477 g/mol. The van der Waals surface area contributed by atoms with Crippen LogP contribution in [-0.4, -0.2) is 29.4 Å². The van der Waals surface area contributed by atoms with Gasteiger partial charge >= 0.3 is 0 Å². The van der Waals surface area contributed by atoms with Crippen LogP contribution in [0, 0.1) is 27.7 Å². The summed E-state index contributed by atoms with van der Waals surface area (Å²) in [6.45, 7) is 7.52. The Labute approximate surface area is 197 Å². The van der Waals surface area contributed by atoms with E-state index in [-0.39, 0.29) is 16.5 Å². The van der Waals surface area contributed by atoms with Gasteiger partial charge in [0.15, 0.2) is 11.5 Å². The molecule has 2 N–H and O–H groups in total. The summed E-state index contributed by atoms with van der Waals surface area (Å²) >= 11 is 0. The summed E-state index contributed by atoms with van der Waals surface area (Å²) in [5.74, 6) is 0.00561. The van der Waals surface area contributed by atoms with Crippen LogP contribution in [0.25, 0.3) is 11.3 Å². The normalized spacial score (nSPS) is 11.3. The second kappa shape index (κ2) is 9.06. The number of rotatable bonds is 6. The van der Waals surface area contributed by atoms with Crippen LogP contribution in [0.5, 0.6) is 0 Å². The van der Waals surface area contributed by atoms with Crippen LogP contribution in [-0.2, 0) is 10.0 Å². The number of aryl methyl sites for hydroxylation is 4. The smallest absolute Gasteiger partial charge is 0.277 e. The van der Waals surface area contributed by atoms with E-state index in [0.717, 1.165) is 16.7 Å². The largest absolute Gasteiger partial charge is 0.355 e. The van der Waals surface area contributed by atoms with Crippen LogP contribution in [0.15, 0.2) is 64.0 Å². The quantitative estimate of drug-likeness (QED) is 0.421. The molecule has 1 amide bonds. The average Bonchev–Trinajstić information content (AvgIpc) is 3.25. The maximum absolute atomic E-state index is 12.7. The predicted molar refractivity (Wildman–Crippen MR) is 128 cm³/mol. The van der Waals surface area contributed by atoms with Crippen molar-refractivity contribution in [1.29, 1.82) is 0 Å². The molecule has 2 heterocycles. The van der Waals surface area contributed by atoms with Gasteiger partial charge in [-0.1, -0.05) is 17.3 Å². The van der Waals surface area contributed by atoms with Crippen LogP contribution >= 0.6 is 0 Å². The highest BCUT2D eigenvalue weighted by molar-refractivity contribution is 7.92. The fourth-order valence-corrected chi connectivity index (χ4v) is 4.22. The SMILES string of the molecule is Cc1cc(C)nc(NS(=O)(=O)c2ccc(NC(=O)c3cc(-c4ccc(C)c(C)c4)on3)cc2)n1. The third-order valence-corrected chi connectivity index (χ3v) is 6.51. The van der Waals surface area contributed by atoms with Gasteiger partial charge in [0, 0.05) is 28.7 Å². The third kappa shape index (κ3) is 5.12. The van der Waals surface area contributed by atoms with Gasteiger partial charge in [-0.05, 0) is 75.2 Å². The van der Waals surface area contributed by atoms with Crippen LogP contribution in [0.1, 0.15) is 33.0 Å². The number of benzene rings is 2. The number of carbonyl (C=O) groups is 1. The molecule has 4 aromatic rings. The Bertz CT molecular complexity index is 1460. The van der Waals surface area contributed by atoms with E-state index < -0.39 is 15.9 Å². The Balaban J connectivity index is 1.45. The molecule has 2 aromatic carbocycles. The number of nitrogens with one attached hydrogen (secondary N) is 2. The maximum atomic E-state index is 12.7. The van der Waals surface area contributed by atoms with E-state index in [1.165, 1.54) is 24.3 Å². The molecule has 0 atom stereocenters. The van der Waals surface area contributed by atoms with E-state index in [2.05, 4.69) is 25.2 Å². The molecule has 0 saturated heterocycles. The van der Waals surface area contributed by atoms with Crippen molar-refractivity contribution in [3.63, 3.8) is 0 Å². The summed E-state index contributed by atoms with van der Waals surface area (Å²) in [5, 5.41) is 6.54. The lowest BCUT2D eigenvalue weighted by Crippen LogP contribution is -2.16. The molecule has 0 aliphatic heterocycles. The second-order valence-corrected chi connectivity index (χ2v) is 9.62. The van der Waals surface area contributed by atoms with Gasteiger partial charge in [0.25, 0.3) is 15.9 Å². The lowest BCUT2D eigenvalue weighted by molar-refractivity contribution is 0.101. The molecule has 10 heteroatoms. The molecule has 0 saturated carbocycles. The van der Waals surface area contributed by atoms with Gasteiger partial charge in [0.2, 0.25) is 5.95 Å². The molecule has 34 heavy (non-hydrogen) atoms. The minimum atomic E-state index is -3.89. The first-order valence-corrected chi connectivity index (χ1v) is 11.9. The van der Waals surface area contributed by atoms with Crippen molar-refractivity contribution in [2.45, 2.75) is 32.6 Å². The summed E-state index contributed by atoms with van der Waals surface area (Å²) in [6, 6.07) is 14.9. The van der Waals surface area contributed by atoms with Gasteiger partial charge < -0.3 is 9.84 Å². The van der Waals surface area contributed by atoms with Gasteiger partial charge in [-0.15, -0.1) is 0 Å². The summed E-state index contributed by atoms with van der Waals surface area (Å²) < 4.78 is 33.0. The molecule has 9 nitrogen and oxygen atoms in total. The zero-order valence-corrected chi connectivity index (χ0v) is 19.9. The van der Waals surface area contributed by atoms with Gasteiger partial charge in [0.1, 0.15) is 0 Å². The minimum absolute atomic E-state index is 0.000450. The number of aromatic nitrogens is 3. The van der Waals surface area contributed by atoms with E-state index in [4.69, 9.17) is 4.52 Å². The molecule has 0 bridgehead atoms. The summed E-state index contributed by atoms with van der Waals surface area (Å²) in [4.78, 5) is 20.8. The van der Waals surface area contributed by atoms with Crippen molar-refractivity contribution in [2.24, 2.45) is 0 Å². The molecule has 4 rings (SSSR count). The molecule has 0 aliphatic carbocycles. The summed E-state index contributed by atoms with van der Waals surface area (Å²) in [6.07, 6.45) is 0. The summed E-state index contributed by atoms with van der Waals surface area (Å²) in [5.41, 5.74) is 4.90. The zero-order chi connectivity index (χ0) is 24.5. The van der Waals surface area contributed by atoms with Gasteiger partial charge in [-0.25, -0.2) is 23.1 Å².